The van der Waals surface area contributed by atoms with Crippen LogP contribution >= 0.6 is 15.9 Å². The van der Waals surface area contributed by atoms with Crippen molar-refractivity contribution in [1.29, 1.82) is 0 Å². The van der Waals surface area contributed by atoms with Crippen molar-refractivity contribution < 1.29 is 9.13 Å². The van der Waals surface area contributed by atoms with Crippen LogP contribution in [-0.4, -0.2) is 44.3 Å². The molecule has 0 saturated carbocycles. The Hall–Kier alpha value is -0.490. The summed E-state index contributed by atoms with van der Waals surface area (Å²) in [6.45, 7) is 4.37. The Morgan fingerprint density at radius 2 is 2.35 bits per heavy atom. The molecule has 2 rings (SSSR count). The smallest absolute Gasteiger partial charge is 0.123 e. The highest BCUT2D eigenvalue weighted by Gasteiger charge is 2.18. The van der Waals surface area contributed by atoms with Gasteiger partial charge in [-0.05, 0) is 43.1 Å². The lowest BCUT2D eigenvalue weighted by Crippen LogP contribution is -2.38. The fraction of sp³-hybridized carbons (Fsp3) is 0.600. The summed E-state index contributed by atoms with van der Waals surface area (Å²) in [4.78, 5) is 2.33. The number of nitrogens with zero attached hydrogens (tertiary/aromatic N) is 1. The van der Waals surface area contributed by atoms with Gasteiger partial charge in [-0.1, -0.05) is 15.9 Å². The second-order valence-corrected chi connectivity index (χ2v) is 6.11. The summed E-state index contributed by atoms with van der Waals surface area (Å²) < 4.78 is 19.5. The van der Waals surface area contributed by atoms with Crippen LogP contribution in [-0.2, 0) is 11.3 Å². The lowest BCUT2D eigenvalue weighted by atomic mass is 10.1. The van der Waals surface area contributed by atoms with Crippen molar-refractivity contribution in [3.8, 4) is 0 Å². The van der Waals surface area contributed by atoms with Crippen LogP contribution in [0, 0.1) is 5.82 Å². The van der Waals surface area contributed by atoms with Crippen LogP contribution < -0.4 is 5.32 Å². The molecule has 1 heterocycles. The topological polar surface area (TPSA) is 24.5 Å². The Morgan fingerprint density at radius 3 is 3.05 bits per heavy atom. The lowest BCUT2D eigenvalue weighted by molar-refractivity contribution is 0.138. The third kappa shape index (κ3) is 4.81. The van der Waals surface area contributed by atoms with Gasteiger partial charge in [0.15, 0.2) is 0 Å². The first-order valence-corrected chi connectivity index (χ1v) is 7.87. The highest BCUT2D eigenvalue weighted by Crippen LogP contribution is 2.20. The third-order valence-electron chi connectivity index (χ3n) is 3.65. The number of rotatable bonds is 7. The van der Waals surface area contributed by atoms with Gasteiger partial charge in [0, 0.05) is 37.3 Å². The molecule has 1 fully saturated rings. The van der Waals surface area contributed by atoms with E-state index in [1.165, 1.54) is 18.9 Å². The van der Waals surface area contributed by atoms with E-state index in [2.05, 4.69) is 26.1 Å². The molecule has 1 atom stereocenters. The summed E-state index contributed by atoms with van der Waals surface area (Å²) in [6.07, 6.45) is 2.46. The quantitative estimate of drug-likeness (QED) is 0.823. The Labute approximate surface area is 128 Å². The van der Waals surface area contributed by atoms with E-state index in [9.17, 15) is 4.39 Å². The molecule has 1 saturated heterocycles. The number of hydrogen-bond acceptors (Lipinski definition) is 3. The molecule has 1 aliphatic heterocycles. The summed E-state index contributed by atoms with van der Waals surface area (Å²) in [5, 5.41) is 3.51. The van der Waals surface area contributed by atoms with Crippen LogP contribution in [0.2, 0.25) is 0 Å². The maximum atomic E-state index is 13.4. The first-order chi connectivity index (χ1) is 9.69. The largest absolute Gasteiger partial charge is 0.383 e. The van der Waals surface area contributed by atoms with E-state index in [1.54, 1.807) is 19.2 Å². The van der Waals surface area contributed by atoms with Crippen LogP contribution in [0.15, 0.2) is 22.7 Å². The Balaban J connectivity index is 1.99. The molecular weight excluding hydrogens is 323 g/mol. The van der Waals surface area contributed by atoms with Crippen molar-refractivity contribution >= 4 is 15.9 Å². The van der Waals surface area contributed by atoms with E-state index in [0.29, 0.717) is 12.6 Å². The van der Waals surface area contributed by atoms with E-state index >= 15 is 0 Å². The second-order valence-electron chi connectivity index (χ2n) is 5.26. The highest BCUT2D eigenvalue weighted by molar-refractivity contribution is 9.10. The van der Waals surface area contributed by atoms with Gasteiger partial charge in [-0.15, -0.1) is 0 Å². The second kappa shape index (κ2) is 8.08. The average molecular weight is 345 g/mol. The zero-order valence-electron chi connectivity index (χ0n) is 11.9. The molecule has 0 aliphatic carbocycles. The van der Waals surface area contributed by atoms with Crippen molar-refractivity contribution in [2.24, 2.45) is 0 Å². The standard InChI is InChI=1S/C15H22BrFN2O/c1-20-8-7-19(11-14-3-2-6-18-14)10-12-9-13(17)4-5-15(12)16/h4-5,9,14,18H,2-3,6-8,10-11H2,1H3. The first-order valence-electron chi connectivity index (χ1n) is 7.07. The summed E-state index contributed by atoms with van der Waals surface area (Å²) in [6, 6.07) is 5.39. The fourth-order valence-corrected chi connectivity index (χ4v) is 2.96. The Kier molecular flexibility index (Phi) is 6.42. The SMILES string of the molecule is COCCN(Cc1cc(F)ccc1Br)CC1CCCN1. The molecule has 112 valence electrons. The normalized spacial score (nSPS) is 18.9. The minimum Gasteiger partial charge on any atom is -0.383 e. The molecule has 0 radical (unpaired) electrons. The molecule has 0 bridgehead atoms. The van der Waals surface area contributed by atoms with Crippen LogP contribution in [0.1, 0.15) is 18.4 Å². The Bertz CT molecular complexity index is 424. The van der Waals surface area contributed by atoms with Crippen LogP contribution in [0.25, 0.3) is 0 Å². The molecule has 0 spiro atoms. The summed E-state index contributed by atoms with van der Waals surface area (Å²) in [5.41, 5.74) is 0.985. The van der Waals surface area contributed by atoms with Gasteiger partial charge in [0.1, 0.15) is 5.82 Å². The van der Waals surface area contributed by atoms with Crippen molar-refractivity contribution in [3.63, 3.8) is 0 Å². The van der Waals surface area contributed by atoms with Crippen molar-refractivity contribution in [2.45, 2.75) is 25.4 Å². The zero-order valence-corrected chi connectivity index (χ0v) is 13.5. The Morgan fingerprint density at radius 1 is 1.50 bits per heavy atom. The van der Waals surface area contributed by atoms with E-state index in [-0.39, 0.29) is 5.82 Å². The molecule has 0 amide bonds. The predicted octanol–water partition coefficient (Wildman–Crippen LogP) is 2.79. The molecule has 1 unspecified atom stereocenters. The van der Waals surface area contributed by atoms with E-state index in [1.807, 2.05) is 0 Å². The fourth-order valence-electron chi connectivity index (χ4n) is 2.58. The van der Waals surface area contributed by atoms with E-state index < -0.39 is 0 Å². The molecule has 0 aromatic heterocycles. The van der Waals surface area contributed by atoms with Gasteiger partial charge in [-0.25, -0.2) is 4.39 Å². The molecule has 1 aromatic carbocycles. The number of nitrogens with one attached hydrogen (secondary N) is 1. The van der Waals surface area contributed by atoms with Crippen LogP contribution in [0.3, 0.4) is 0 Å². The van der Waals surface area contributed by atoms with Gasteiger partial charge in [-0.3, -0.25) is 4.90 Å². The zero-order chi connectivity index (χ0) is 14.4. The van der Waals surface area contributed by atoms with Crippen molar-refractivity contribution in [3.05, 3.63) is 34.1 Å². The monoisotopic (exact) mass is 344 g/mol. The first kappa shape index (κ1) is 15.9. The van der Waals surface area contributed by atoms with Gasteiger partial charge in [0.2, 0.25) is 0 Å². The molecular formula is C15H22BrFN2O. The number of halogens is 2. The van der Waals surface area contributed by atoms with Gasteiger partial charge in [-0.2, -0.15) is 0 Å². The summed E-state index contributed by atoms with van der Waals surface area (Å²) in [7, 11) is 1.71. The predicted molar refractivity (Wildman–Crippen MR) is 82.3 cm³/mol. The van der Waals surface area contributed by atoms with Crippen molar-refractivity contribution in [2.75, 3.05) is 33.4 Å². The molecule has 3 nitrogen and oxygen atoms in total. The average Bonchev–Trinajstić information content (AvgIpc) is 2.93. The summed E-state index contributed by atoms with van der Waals surface area (Å²) >= 11 is 3.50. The number of ether oxygens (including phenoxy) is 1. The van der Waals surface area contributed by atoms with Crippen LogP contribution in [0.5, 0.6) is 0 Å². The minimum atomic E-state index is -0.186. The van der Waals surface area contributed by atoms with Gasteiger partial charge >= 0.3 is 0 Å². The molecule has 1 N–H and O–H groups in total. The minimum absolute atomic E-state index is 0.186. The molecule has 1 aromatic rings. The summed E-state index contributed by atoms with van der Waals surface area (Å²) in [5.74, 6) is -0.186. The number of hydrogen-bond donors (Lipinski definition) is 1. The maximum absolute atomic E-state index is 13.4. The molecule has 1 aliphatic rings. The van der Waals surface area contributed by atoms with Gasteiger partial charge < -0.3 is 10.1 Å². The van der Waals surface area contributed by atoms with Crippen LogP contribution in [0.4, 0.5) is 4.39 Å². The lowest BCUT2D eigenvalue weighted by Gasteiger charge is -2.26. The number of methoxy groups -OCH3 is 1. The van der Waals surface area contributed by atoms with Gasteiger partial charge in [0.05, 0.1) is 6.61 Å². The third-order valence-corrected chi connectivity index (χ3v) is 4.43. The molecule has 20 heavy (non-hydrogen) atoms. The molecule has 5 heteroatoms. The maximum Gasteiger partial charge on any atom is 0.123 e. The van der Waals surface area contributed by atoms with Crippen molar-refractivity contribution in [1.82, 2.24) is 10.2 Å². The number of benzene rings is 1. The van der Waals surface area contributed by atoms with E-state index in [0.717, 1.165) is 36.2 Å². The highest BCUT2D eigenvalue weighted by atomic mass is 79.9. The van der Waals surface area contributed by atoms with E-state index in [4.69, 9.17) is 4.74 Å². The van der Waals surface area contributed by atoms with Gasteiger partial charge in [0.25, 0.3) is 0 Å².